The number of para-hydroxylation sites is 1. The topological polar surface area (TPSA) is 56.1 Å². The smallest absolute Gasteiger partial charge is 0.263 e. The van der Waals surface area contributed by atoms with Gasteiger partial charge in [0.1, 0.15) is 16.3 Å². The Morgan fingerprint density at radius 3 is 2.55 bits per heavy atom. The predicted octanol–water partition coefficient (Wildman–Crippen LogP) is 6.28. The SMILES string of the molecule is CCCn1c(Nc2ccc(Oc3ccccc3)cc2)nc2sc3c(c2c1=O)CCCC3. The van der Waals surface area contributed by atoms with E-state index in [1.807, 2.05) is 54.6 Å². The van der Waals surface area contributed by atoms with Crippen molar-refractivity contribution in [2.75, 3.05) is 5.32 Å². The van der Waals surface area contributed by atoms with Gasteiger partial charge in [-0.1, -0.05) is 25.1 Å². The third-order valence-corrected chi connectivity index (χ3v) is 6.80. The van der Waals surface area contributed by atoms with E-state index in [4.69, 9.17) is 9.72 Å². The molecule has 5 nitrogen and oxygen atoms in total. The molecule has 1 aliphatic carbocycles. The number of anilines is 2. The summed E-state index contributed by atoms with van der Waals surface area (Å²) in [5.41, 5.74) is 2.19. The molecule has 0 atom stereocenters. The van der Waals surface area contributed by atoms with Gasteiger partial charge >= 0.3 is 0 Å². The van der Waals surface area contributed by atoms with E-state index in [0.29, 0.717) is 12.5 Å². The van der Waals surface area contributed by atoms with Crippen LogP contribution in [0.1, 0.15) is 36.6 Å². The number of fused-ring (bicyclic) bond motifs is 3. The number of thiophene rings is 1. The molecule has 0 amide bonds. The molecule has 31 heavy (non-hydrogen) atoms. The Hall–Kier alpha value is -3.12. The lowest BCUT2D eigenvalue weighted by Crippen LogP contribution is -2.24. The lowest BCUT2D eigenvalue weighted by Gasteiger charge is -2.14. The molecule has 158 valence electrons. The van der Waals surface area contributed by atoms with Crippen LogP contribution >= 0.6 is 11.3 Å². The van der Waals surface area contributed by atoms with Crippen molar-refractivity contribution in [3.8, 4) is 11.5 Å². The molecule has 0 aliphatic heterocycles. The van der Waals surface area contributed by atoms with Gasteiger partial charge in [0, 0.05) is 17.1 Å². The van der Waals surface area contributed by atoms with Crippen molar-refractivity contribution < 1.29 is 4.74 Å². The second-order valence-corrected chi connectivity index (χ2v) is 8.93. The first-order valence-corrected chi connectivity index (χ1v) is 11.7. The lowest BCUT2D eigenvalue weighted by atomic mass is 9.97. The minimum absolute atomic E-state index is 0.0813. The zero-order valence-electron chi connectivity index (χ0n) is 17.6. The zero-order chi connectivity index (χ0) is 21.2. The number of ether oxygens (including phenoxy) is 1. The summed E-state index contributed by atoms with van der Waals surface area (Å²) in [7, 11) is 0. The van der Waals surface area contributed by atoms with Gasteiger partial charge in [-0.3, -0.25) is 9.36 Å². The molecule has 0 unspecified atom stereocenters. The summed E-state index contributed by atoms with van der Waals surface area (Å²) in [6, 6.07) is 17.4. The highest BCUT2D eigenvalue weighted by Crippen LogP contribution is 2.34. The molecule has 1 N–H and O–H groups in total. The van der Waals surface area contributed by atoms with Crippen molar-refractivity contribution in [3.63, 3.8) is 0 Å². The van der Waals surface area contributed by atoms with Crippen LogP contribution in [0.25, 0.3) is 10.2 Å². The first-order valence-electron chi connectivity index (χ1n) is 10.9. The van der Waals surface area contributed by atoms with Crippen LogP contribution < -0.4 is 15.6 Å². The fourth-order valence-electron chi connectivity index (χ4n) is 4.12. The van der Waals surface area contributed by atoms with E-state index >= 15 is 0 Å². The first-order chi connectivity index (χ1) is 15.2. The molecule has 6 heteroatoms. The summed E-state index contributed by atoms with van der Waals surface area (Å²) < 4.78 is 7.66. The largest absolute Gasteiger partial charge is 0.457 e. The number of hydrogen-bond donors (Lipinski definition) is 1. The number of aromatic nitrogens is 2. The maximum absolute atomic E-state index is 13.4. The van der Waals surface area contributed by atoms with E-state index in [2.05, 4.69) is 12.2 Å². The van der Waals surface area contributed by atoms with E-state index in [1.165, 1.54) is 16.9 Å². The summed E-state index contributed by atoms with van der Waals surface area (Å²) in [5.74, 6) is 2.17. The highest BCUT2D eigenvalue weighted by atomic mass is 32.1. The number of benzene rings is 2. The number of hydrogen-bond acceptors (Lipinski definition) is 5. The molecule has 1 aliphatic rings. The number of aryl methyl sites for hydroxylation is 2. The van der Waals surface area contributed by atoms with E-state index in [9.17, 15) is 4.79 Å². The van der Waals surface area contributed by atoms with Gasteiger partial charge in [0.2, 0.25) is 5.95 Å². The van der Waals surface area contributed by atoms with Crippen molar-refractivity contribution in [2.45, 2.75) is 45.6 Å². The Labute approximate surface area is 185 Å². The van der Waals surface area contributed by atoms with E-state index < -0.39 is 0 Å². The van der Waals surface area contributed by atoms with Crippen molar-refractivity contribution >= 4 is 33.2 Å². The van der Waals surface area contributed by atoms with Crippen LogP contribution in [-0.2, 0) is 19.4 Å². The fraction of sp³-hybridized carbons (Fsp3) is 0.280. The maximum atomic E-state index is 13.4. The second kappa shape index (κ2) is 8.55. The highest BCUT2D eigenvalue weighted by molar-refractivity contribution is 7.18. The minimum atomic E-state index is 0.0813. The molecule has 0 saturated carbocycles. The molecule has 0 saturated heterocycles. The van der Waals surface area contributed by atoms with Gasteiger partial charge in [-0.25, -0.2) is 4.98 Å². The highest BCUT2D eigenvalue weighted by Gasteiger charge is 2.22. The second-order valence-electron chi connectivity index (χ2n) is 7.85. The molecular formula is C25H25N3O2S. The lowest BCUT2D eigenvalue weighted by molar-refractivity contribution is 0.483. The Morgan fingerprint density at radius 2 is 1.77 bits per heavy atom. The van der Waals surface area contributed by atoms with E-state index in [1.54, 1.807) is 15.9 Å². The summed E-state index contributed by atoms with van der Waals surface area (Å²) >= 11 is 1.68. The standard InChI is InChI=1S/C25H25N3O2S/c1-2-16-28-24(29)22-20-10-6-7-11-21(20)31-23(22)27-25(28)26-17-12-14-19(15-13-17)30-18-8-4-3-5-9-18/h3-5,8-9,12-15H,2,6-7,10-11,16H2,1H3,(H,26,27). The van der Waals surface area contributed by atoms with Crippen molar-refractivity contribution in [3.05, 3.63) is 75.4 Å². The molecule has 5 rings (SSSR count). The first kappa shape index (κ1) is 19.8. The molecule has 0 radical (unpaired) electrons. The van der Waals surface area contributed by atoms with Crippen LogP contribution in [0.4, 0.5) is 11.6 Å². The van der Waals surface area contributed by atoms with Crippen molar-refractivity contribution in [1.82, 2.24) is 9.55 Å². The van der Waals surface area contributed by atoms with Crippen molar-refractivity contribution in [1.29, 1.82) is 0 Å². The van der Waals surface area contributed by atoms with Crippen molar-refractivity contribution in [2.24, 2.45) is 0 Å². The molecular weight excluding hydrogens is 406 g/mol. The Bertz CT molecular complexity index is 1260. The van der Waals surface area contributed by atoms with Crippen LogP contribution in [0.15, 0.2) is 59.4 Å². The normalized spacial score (nSPS) is 13.2. The fourth-order valence-corrected chi connectivity index (χ4v) is 5.38. The average molecular weight is 432 g/mol. The third kappa shape index (κ3) is 3.95. The predicted molar refractivity (Wildman–Crippen MR) is 127 cm³/mol. The van der Waals surface area contributed by atoms with Crippen LogP contribution in [0, 0.1) is 0 Å². The number of rotatable bonds is 6. The molecule has 0 fully saturated rings. The van der Waals surface area contributed by atoms with Gasteiger partial charge < -0.3 is 10.1 Å². The van der Waals surface area contributed by atoms with Gasteiger partial charge in [-0.2, -0.15) is 0 Å². The molecule has 2 aromatic carbocycles. The van der Waals surface area contributed by atoms with Gasteiger partial charge in [-0.05, 0) is 74.1 Å². The molecule has 4 aromatic rings. The molecule has 2 heterocycles. The monoisotopic (exact) mass is 431 g/mol. The van der Waals surface area contributed by atoms with Gasteiger partial charge in [0.25, 0.3) is 5.56 Å². The maximum Gasteiger partial charge on any atom is 0.263 e. The quantitative estimate of drug-likeness (QED) is 0.390. The third-order valence-electron chi connectivity index (χ3n) is 5.61. The Kier molecular flexibility index (Phi) is 5.47. The number of nitrogens with zero attached hydrogens (tertiary/aromatic N) is 2. The molecule has 0 spiro atoms. The Balaban J connectivity index is 1.46. The number of nitrogens with one attached hydrogen (secondary N) is 1. The van der Waals surface area contributed by atoms with Gasteiger partial charge in [0.15, 0.2) is 0 Å². The van der Waals surface area contributed by atoms with Crippen LogP contribution in [-0.4, -0.2) is 9.55 Å². The van der Waals surface area contributed by atoms with Crippen LogP contribution in [0.5, 0.6) is 11.5 Å². The summed E-state index contributed by atoms with van der Waals surface area (Å²) in [5, 5.41) is 4.20. The van der Waals surface area contributed by atoms with Crippen LogP contribution in [0.3, 0.4) is 0 Å². The Morgan fingerprint density at radius 1 is 1.03 bits per heavy atom. The van der Waals surface area contributed by atoms with Gasteiger partial charge in [0.05, 0.1) is 5.39 Å². The molecule has 0 bridgehead atoms. The summed E-state index contributed by atoms with van der Waals surface area (Å²) in [6.45, 7) is 2.73. The van der Waals surface area contributed by atoms with E-state index in [0.717, 1.165) is 53.1 Å². The van der Waals surface area contributed by atoms with E-state index in [-0.39, 0.29) is 5.56 Å². The summed E-state index contributed by atoms with van der Waals surface area (Å²) in [4.78, 5) is 20.5. The summed E-state index contributed by atoms with van der Waals surface area (Å²) in [6.07, 6.45) is 5.29. The zero-order valence-corrected chi connectivity index (χ0v) is 18.4. The van der Waals surface area contributed by atoms with Gasteiger partial charge in [-0.15, -0.1) is 11.3 Å². The average Bonchev–Trinajstić information content (AvgIpc) is 3.17. The van der Waals surface area contributed by atoms with Crippen LogP contribution in [0.2, 0.25) is 0 Å². The minimum Gasteiger partial charge on any atom is -0.457 e. The molecule has 2 aromatic heterocycles.